The number of carbonyl (C=O) groups is 1. The van der Waals surface area contributed by atoms with Crippen LogP contribution in [0, 0.1) is 11.3 Å². The molecule has 1 rings (SSSR count). The Bertz CT molecular complexity index is 290. The second kappa shape index (κ2) is 7.25. The maximum atomic E-state index is 11.7. The van der Waals surface area contributed by atoms with Crippen LogP contribution in [0.4, 0.5) is 0 Å². The number of rotatable bonds is 8. The van der Waals surface area contributed by atoms with Crippen LogP contribution in [0.2, 0.25) is 0 Å². The van der Waals surface area contributed by atoms with Crippen molar-refractivity contribution in [1.29, 1.82) is 0 Å². The molecule has 2 N–H and O–H groups in total. The maximum Gasteiger partial charge on any atom is 0.233 e. The van der Waals surface area contributed by atoms with Gasteiger partial charge in [0, 0.05) is 24.6 Å². The molecule has 0 heterocycles. The van der Waals surface area contributed by atoms with Gasteiger partial charge in [0.25, 0.3) is 0 Å². The number of nitrogens with one attached hydrogen (secondary N) is 2. The van der Waals surface area contributed by atoms with E-state index >= 15 is 0 Å². The van der Waals surface area contributed by atoms with Gasteiger partial charge in [-0.05, 0) is 25.7 Å². The van der Waals surface area contributed by atoms with E-state index in [0.717, 1.165) is 26.0 Å². The van der Waals surface area contributed by atoms with Crippen LogP contribution in [0.15, 0.2) is 0 Å². The summed E-state index contributed by atoms with van der Waals surface area (Å²) in [5.41, 5.74) is 0.119. The minimum absolute atomic E-state index is 0.0938. The van der Waals surface area contributed by atoms with Gasteiger partial charge in [0.15, 0.2) is 0 Å². The van der Waals surface area contributed by atoms with E-state index in [1.807, 2.05) is 6.92 Å². The van der Waals surface area contributed by atoms with Crippen LogP contribution in [0.1, 0.15) is 47.5 Å². The summed E-state index contributed by atoms with van der Waals surface area (Å²) in [6, 6.07) is 0.375. The number of hydrogen-bond donors (Lipinski definition) is 2. The van der Waals surface area contributed by atoms with Crippen molar-refractivity contribution < 1.29 is 9.53 Å². The Morgan fingerprint density at radius 3 is 2.63 bits per heavy atom. The van der Waals surface area contributed by atoms with Crippen molar-refractivity contribution in [2.45, 2.75) is 59.6 Å². The maximum absolute atomic E-state index is 11.7. The van der Waals surface area contributed by atoms with Gasteiger partial charge in [0.2, 0.25) is 5.91 Å². The zero-order chi connectivity index (χ0) is 14.5. The molecule has 0 radical (unpaired) electrons. The molecule has 0 spiro atoms. The lowest BCUT2D eigenvalue weighted by molar-refractivity contribution is -0.126. The minimum Gasteiger partial charge on any atom is -0.378 e. The third kappa shape index (κ3) is 4.77. The molecule has 0 saturated heterocycles. The summed E-state index contributed by atoms with van der Waals surface area (Å²) in [6.45, 7) is 12.7. The first-order valence-electron chi connectivity index (χ1n) is 7.49. The van der Waals surface area contributed by atoms with E-state index in [2.05, 4.69) is 38.3 Å². The Morgan fingerprint density at radius 1 is 1.42 bits per heavy atom. The van der Waals surface area contributed by atoms with E-state index in [9.17, 15) is 4.79 Å². The number of ether oxygens (including phenoxy) is 1. The van der Waals surface area contributed by atoms with E-state index < -0.39 is 0 Å². The minimum atomic E-state index is 0.0938. The summed E-state index contributed by atoms with van der Waals surface area (Å²) in [4.78, 5) is 11.7. The van der Waals surface area contributed by atoms with Crippen molar-refractivity contribution in [1.82, 2.24) is 10.6 Å². The highest BCUT2D eigenvalue weighted by atomic mass is 16.5. The van der Waals surface area contributed by atoms with Crippen molar-refractivity contribution >= 4 is 5.91 Å². The first kappa shape index (κ1) is 16.4. The van der Waals surface area contributed by atoms with Crippen LogP contribution in [0.25, 0.3) is 0 Å². The Hall–Kier alpha value is -0.610. The molecule has 2 unspecified atom stereocenters. The molecule has 1 aliphatic rings. The molecule has 1 fully saturated rings. The summed E-state index contributed by atoms with van der Waals surface area (Å²) in [6.07, 6.45) is 2.35. The van der Waals surface area contributed by atoms with Crippen molar-refractivity contribution in [3.63, 3.8) is 0 Å². The van der Waals surface area contributed by atoms with Gasteiger partial charge in [-0.15, -0.1) is 0 Å². The molecular weight excluding hydrogens is 240 g/mol. The quantitative estimate of drug-likeness (QED) is 0.709. The zero-order valence-corrected chi connectivity index (χ0v) is 13.1. The molecule has 2 atom stereocenters. The lowest BCUT2D eigenvalue weighted by Crippen LogP contribution is -2.62. The van der Waals surface area contributed by atoms with Gasteiger partial charge in [0.05, 0.1) is 12.6 Å². The normalized spacial score (nSPS) is 25.2. The molecule has 0 bridgehead atoms. The number of hydrogen-bond acceptors (Lipinski definition) is 3. The fraction of sp³-hybridized carbons (Fsp3) is 0.933. The van der Waals surface area contributed by atoms with Crippen molar-refractivity contribution in [2.75, 3.05) is 19.7 Å². The smallest absolute Gasteiger partial charge is 0.233 e. The van der Waals surface area contributed by atoms with Crippen molar-refractivity contribution in [3.8, 4) is 0 Å². The van der Waals surface area contributed by atoms with E-state index in [-0.39, 0.29) is 11.3 Å². The van der Waals surface area contributed by atoms with Crippen LogP contribution in [-0.2, 0) is 9.53 Å². The molecular formula is C15H30N2O2. The molecule has 0 aliphatic heterocycles. The Labute approximate surface area is 117 Å². The van der Waals surface area contributed by atoms with Crippen LogP contribution in [0.3, 0.4) is 0 Å². The van der Waals surface area contributed by atoms with Gasteiger partial charge < -0.3 is 15.4 Å². The van der Waals surface area contributed by atoms with Gasteiger partial charge in [0.1, 0.15) is 0 Å². The predicted molar refractivity (Wildman–Crippen MR) is 78.1 cm³/mol. The highest BCUT2D eigenvalue weighted by Crippen LogP contribution is 2.42. The largest absolute Gasteiger partial charge is 0.378 e. The molecule has 0 aromatic rings. The SMILES string of the molecule is CCOC1CC(NCC(=O)NCCC(C)C)C1(C)C. The van der Waals surface area contributed by atoms with Crippen LogP contribution < -0.4 is 10.6 Å². The first-order valence-corrected chi connectivity index (χ1v) is 7.49. The molecule has 1 aliphatic carbocycles. The van der Waals surface area contributed by atoms with Gasteiger partial charge in [-0.3, -0.25) is 4.79 Å². The third-order valence-electron chi connectivity index (χ3n) is 4.10. The Kier molecular flexibility index (Phi) is 6.27. The van der Waals surface area contributed by atoms with Gasteiger partial charge in [-0.2, -0.15) is 0 Å². The molecule has 1 amide bonds. The first-order chi connectivity index (χ1) is 8.87. The summed E-state index contributed by atoms with van der Waals surface area (Å²) in [7, 11) is 0. The molecule has 19 heavy (non-hydrogen) atoms. The average Bonchev–Trinajstić information content (AvgIpc) is 2.32. The zero-order valence-electron chi connectivity index (χ0n) is 13.1. The lowest BCUT2D eigenvalue weighted by atomic mass is 9.64. The standard InChI is InChI=1S/C15H30N2O2/c1-6-19-13-9-12(15(13,4)5)17-10-14(18)16-8-7-11(2)3/h11-13,17H,6-10H2,1-5H3,(H,16,18). The van der Waals surface area contributed by atoms with E-state index in [1.165, 1.54) is 0 Å². The predicted octanol–water partition coefficient (Wildman–Crippen LogP) is 1.94. The van der Waals surface area contributed by atoms with E-state index in [0.29, 0.717) is 24.6 Å². The fourth-order valence-electron chi connectivity index (χ4n) is 2.49. The summed E-state index contributed by atoms with van der Waals surface area (Å²) < 4.78 is 5.68. The van der Waals surface area contributed by atoms with Gasteiger partial charge >= 0.3 is 0 Å². The molecule has 112 valence electrons. The van der Waals surface area contributed by atoms with Crippen LogP contribution >= 0.6 is 0 Å². The lowest BCUT2D eigenvalue weighted by Gasteiger charge is -2.51. The summed E-state index contributed by atoms with van der Waals surface area (Å²) in [5, 5.41) is 6.29. The Balaban J connectivity index is 2.18. The topological polar surface area (TPSA) is 50.4 Å². The number of carbonyl (C=O) groups excluding carboxylic acids is 1. The fourth-order valence-corrected chi connectivity index (χ4v) is 2.49. The molecule has 4 heteroatoms. The molecule has 1 saturated carbocycles. The number of amides is 1. The summed E-state index contributed by atoms with van der Waals surface area (Å²) in [5.74, 6) is 0.724. The van der Waals surface area contributed by atoms with Gasteiger partial charge in [-0.25, -0.2) is 0 Å². The summed E-state index contributed by atoms with van der Waals surface area (Å²) >= 11 is 0. The van der Waals surface area contributed by atoms with Crippen molar-refractivity contribution in [2.24, 2.45) is 11.3 Å². The van der Waals surface area contributed by atoms with E-state index in [1.54, 1.807) is 0 Å². The molecule has 4 nitrogen and oxygen atoms in total. The van der Waals surface area contributed by atoms with Crippen LogP contribution in [0.5, 0.6) is 0 Å². The highest BCUT2D eigenvalue weighted by Gasteiger charge is 2.48. The van der Waals surface area contributed by atoms with Gasteiger partial charge in [-0.1, -0.05) is 27.7 Å². The molecule has 0 aromatic carbocycles. The second-order valence-corrected chi connectivity index (χ2v) is 6.47. The average molecular weight is 270 g/mol. The Morgan fingerprint density at radius 2 is 2.11 bits per heavy atom. The van der Waals surface area contributed by atoms with Crippen LogP contribution in [-0.4, -0.2) is 37.7 Å². The molecule has 0 aromatic heterocycles. The van der Waals surface area contributed by atoms with E-state index in [4.69, 9.17) is 4.74 Å². The monoisotopic (exact) mass is 270 g/mol. The van der Waals surface area contributed by atoms with Crippen molar-refractivity contribution in [3.05, 3.63) is 0 Å². The highest BCUT2D eigenvalue weighted by molar-refractivity contribution is 5.78. The second-order valence-electron chi connectivity index (χ2n) is 6.47. The third-order valence-corrected chi connectivity index (χ3v) is 4.10.